The first kappa shape index (κ1) is 13.0. The van der Waals surface area contributed by atoms with E-state index < -0.39 is 4.92 Å². The van der Waals surface area contributed by atoms with E-state index in [1.165, 1.54) is 6.07 Å². The zero-order valence-corrected chi connectivity index (χ0v) is 11.1. The summed E-state index contributed by atoms with van der Waals surface area (Å²) in [6.07, 6.45) is 1.98. The summed E-state index contributed by atoms with van der Waals surface area (Å²) in [6.45, 7) is 2.76. The van der Waals surface area contributed by atoms with Gasteiger partial charge in [-0.3, -0.25) is 10.1 Å². The lowest BCUT2D eigenvalue weighted by atomic mass is 9.89. The summed E-state index contributed by atoms with van der Waals surface area (Å²) >= 11 is 0. The highest BCUT2D eigenvalue weighted by Crippen LogP contribution is 2.41. The number of benzene rings is 1. The van der Waals surface area contributed by atoms with Gasteiger partial charge in [0.25, 0.3) is 5.69 Å². The maximum atomic E-state index is 11.1. The molecule has 1 heterocycles. The quantitative estimate of drug-likeness (QED) is 0.658. The highest BCUT2D eigenvalue weighted by Gasteiger charge is 2.32. The number of hydrogen-bond acceptors (Lipinski definition) is 6. The van der Waals surface area contributed by atoms with E-state index in [1.54, 1.807) is 6.07 Å². The van der Waals surface area contributed by atoms with E-state index in [0.717, 1.165) is 12.8 Å². The van der Waals surface area contributed by atoms with E-state index in [-0.39, 0.29) is 24.6 Å². The third kappa shape index (κ3) is 2.36. The largest absolute Gasteiger partial charge is 0.454 e. The Bertz CT molecular complexity index is 528. The van der Waals surface area contributed by atoms with Crippen molar-refractivity contribution >= 4 is 11.4 Å². The van der Waals surface area contributed by atoms with Gasteiger partial charge < -0.3 is 19.5 Å². The molecule has 7 nitrogen and oxygen atoms in total. The van der Waals surface area contributed by atoms with Crippen molar-refractivity contribution in [3.63, 3.8) is 0 Å². The fraction of sp³-hybridized carbons (Fsp3) is 0.538. The molecule has 0 unspecified atom stereocenters. The molecule has 1 aromatic carbocycles. The Balaban J connectivity index is 1.74. The highest BCUT2D eigenvalue weighted by molar-refractivity contribution is 5.69. The Kier molecular flexibility index (Phi) is 3.35. The van der Waals surface area contributed by atoms with E-state index in [1.807, 2.05) is 6.92 Å². The molecule has 1 aromatic rings. The standard InChI is InChI=1S/C13H16N2O5/c1-2-18-9-3-8(4-9)14-10-5-12-13(20-7-19-12)6-11(10)15(16)17/h5-6,8-9,14H,2-4,7H2,1H3. The van der Waals surface area contributed by atoms with Gasteiger partial charge >= 0.3 is 0 Å². The number of rotatable bonds is 5. The average Bonchev–Trinajstić information content (AvgIpc) is 2.82. The molecule has 108 valence electrons. The number of nitro benzene ring substituents is 1. The molecular formula is C13H16N2O5. The van der Waals surface area contributed by atoms with Gasteiger partial charge in [0.15, 0.2) is 11.5 Å². The molecule has 0 aromatic heterocycles. The number of nitro groups is 1. The smallest absolute Gasteiger partial charge is 0.296 e. The molecule has 0 amide bonds. The number of ether oxygens (including phenoxy) is 3. The second-order valence-corrected chi connectivity index (χ2v) is 4.87. The second-order valence-electron chi connectivity index (χ2n) is 4.87. The molecule has 3 rings (SSSR count). The average molecular weight is 280 g/mol. The van der Waals surface area contributed by atoms with Crippen molar-refractivity contribution in [2.75, 3.05) is 18.7 Å². The van der Waals surface area contributed by atoms with Crippen LogP contribution >= 0.6 is 0 Å². The summed E-state index contributed by atoms with van der Waals surface area (Å²) in [4.78, 5) is 10.7. The van der Waals surface area contributed by atoms with Crippen LogP contribution in [-0.2, 0) is 4.74 Å². The van der Waals surface area contributed by atoms with Crippen molar-refractivity contribution in [2.45, 2.75) is 31.9 Å². The maximum Gasteiger partial charge on any atom is 0.296 e. The van der Waals surface area contributed by atoms with Gasteiger partial charge in [-0.1, -0.05) is 0 Å². The molecule has 1 N–H and O–H groups in total. The zero-order valence-electron chi connectivity index (χ0n) is 11.1. The minimum Gasteiger partial charge on any atom is -0.454 e. The highest BCUT2D eigenvalue weighted by atomic mass is 16.7. The fourth-order valence-corrected chi connectivity index (χ4v) is 2.47. The summed E-state index contributed by atoms with van der Waals surface area (Å²) in [6, 6.07) is 3.24. The zero-order chi connectivity index (χ0) is 14.1. The van der Waals surface area contributed by atoms with Gasteiger partial charge in [-0.2, -0.15) is 0 Å². The van der Waals surface area contributed by atoms with Gasteiger partial charge in [0.05, 0.1) is 17.1 Å². The molecule has 0 bridgehead atoms. The van der Waals surface area contributed by atoms with E-state index in [0.29, 0.717) is 23.8 Å². The predicted octanol–water partition coefficient (Wildman–Crippen LogP) is 2.30. The van der Waals surface area contributed by atoms with Crippen LogP contribution in [0.4, 0.5) is 11.4 Å². The monoisotopic (exact) mass is 280 g/mol. The van der Waals surface area contributed by atoms with Crippen molar-refractivity contribution in [3.8, 4) is 11.5 Å². The molecule has 0 saturated heterocycles. The summed E-state index contributed by atoms with van der Waals surface area (Å²) in [5.74, 6) is 0.960. The van der Waals surface area contributed by atoms with Crippen molar-refractivity contribution in [1.82, 2.24) is 0 Å². The van der Waals surface area contributed by atoms with E-state index in [4.69, 9.17) is 14.2 Å². The minimum absolute atomic E-state index is 0.00844. The van der Waals surface area contributed by atoms with Crippen molar-refractivity contribution < 1.29 is 19.1 Å². The Morgan fingerprint density at radius 3 is 2.75 bits per heavy atom. The van der Waals surface area contributed by atoms with Crippen LogP contribution < -0.4 is 14.8 Å². The second kappa shape index (κ2) is 5.16. The fourth-order valence-electron chi connectivity index (χ4n) is 2.47. The van der Waals surface area contributed by atoms with E-state index >= 15 is 0 Å². The van der Waals surface area contributed by atoms with E-state index in [2.05, 4.69) is 5.32 Å². The molecular weight excluding hydrogens is 264 g/mol. The Labute approximate surface area is 116 Å². The Morgan fingerprint density at radius 1 is 1.40 bits per heavy atom. The summed E-state index contributed by atoms with van der Waals surface area (Å²) in [5, 5.41) is 14.3. The minimum atomic E-state index is -0.414. The van der Waals surface area contributed by atoms with Crippen LogP contribution in [0.5, 0.6) is 11.5 Å². The van der Waals surface area contributed by atoms with Gasteiger partial charge in [-0.05, 0) is 19.8 Å². The van der Waals surface area contributed by atoms with Crippen molar-refractivity contribution in [2.24, 2.45) is 0 Å². The third-order valence-corrected chi connectivity index (χ3v) is 3.54. The molecule has 7 heteroatoms. The van der Waals surface area contributed by atoms with Crippen molar-refractivity contribution in [1.29, 1.82) is 0 Å². The van der Waals surface area contributed by atoms with Crippen LogP contribution in [0.3, 0.4) is 0 Å². The lowest BCUT2D eigenvalue weighted by molar-refractivity contribution is -0.384. The van der Waals surface area contributed by atoms with Crippen LogP contribution in [0.2, 0.25) is 0 Å². The van der Waals surface area contributed by atoms with Gasteiger partial charge in [0.1, 0.15) is 5.69 Å². The number of anilines is 1. The van der Waals surface area contributed by atoms with Crippen LogP contribution in [0.1, 0.15) is 19.8 Å². The van der Waals surface area contributed by atoms with Crippen LogP contribution in [0.25, 0.3) is 0 Å². The van der Waals surface area contributed by atoms with Crippen molar-refractivity contribution in [3.05, 3.63) is 22.2 Å². The summed E-state index contributed by atoms with van der Waals surface area (Å²) in [5.41, 5.74) is 0.480. The molecule has 1 saturated carbocycles. The lowest BCUT2D eigenvalue weighted by Gasteiger charge is -2.35. The van der Waals surface area contributed by atoms with Crippen LogP contribution in [-0.4, -0.2) is 30.5 Å². The number of fused-ring (bicyclic) bond motifs is 1. The number of nitrogens with one attached hydrogen (secondary N) is 1. The Morgan fingerprint density at radius 2 is 2.10 bits per heavy atom. The topological polar surface area (TPSA) is 82.9 Å². The third-order valence-electron chi connectivity index (χ3n) is 3.54. The SMILES string of the molecule is CCOC1CC(Nc2cc3c(cc2[N+](=O)[O-])OCO3)C1. The molecule has 20 heavy (non-hydrogen) atoms. The molecule has 0 spiro atoms. The lowest BCUT2D eigenvalue weighted by Crippen LogP contribution is -2.40. The first-order valence-electron chi connectivity index (χ1n) is 6.63. The maximum absolute atomic E-state index is 11.1. The normalized spacial score (nSPS) is 23.2. The first-order chi connectivity index (χ1) is 9.67. The molecule has 1 aliphatic heterocycles. The summed E-state index contributed by atoms with van der Waals surface area (Å²) in [7, 11) is 0. The molecule has 0 atom stereocenters. The molecule has 2 aliphatic rings. The predicted molar refractivity (Wildman–Crippen MR) is 71.3 cm³/mol. The number of hydrogen-bond donors (Lipinski definition) is 1. The van der Waals surface area contributed by atoms with Crippen LogP contribution in [0.15, 0.2) is 12.1 Å². The van der Waals surface area contributed by atoms with Gasteiger partial charge in [-0.15, -0.1) is 0 Å². The van der Waals surface area contributed by atoms with Gasteiger partial charge in [0, 0.05) is 18.7 Å². The van der Waals surface area contributed by atoms with Gasteiger partial charge in [-0.25, -0.2) is 0 Å². The molecule has 1 fully saturated rings. The molecule has 0 radical (unpaired) electrons. The van der Waals surface area contributed by atoms with Crippen LogP contribution in [0, 0.1) is 10.1 Å². The Hall–Kier alpha value is -2.02. The molecule has 1 aliphatic carbocycles. The number of nitrogens with zero attached hydrogens (tertiary/aromatic N) is 1. The summed E-state index contributed by atoms with van der Waals surface area (Å²) < 4.78 is 15.9. The van der Waals surface area contributed by atoms with E-state index in [9.17, 15) is 10.1 Å². The first-order valence-corrected chi connectivity index (χ1v) is 6.63. The van der Waals surface area contributed by atoms with Gasteiger partial charge in [0.2, 0.25) is 6.79 Å².